The van der Waals surface area contributed by atoms with Crippen molar-refractivity contribution < 1.29 is 32.3 Å². The van der Waals surface area contributed by atoms with Crippen molar-refractivity contribution in [2.24, 2.45) is 0 Å². The number of aliphatic hydroxyl groups excluding tert-OH is 1. The first-order chi connectivity index (χ1) is 19.4. The van der Waals surface area contributed by atoms with Crippen LogP contribution in [0.15, 0.2) is 71.6 Å². The second-order valence-electron chi connectivity index (χ2n) is 9.16. The standard InChI is InChI=1S/C28H29ClFN3O6S2/c1-17(34)28(37)33-41(38,39)25-9-5-3-7-22(25)21-11-10-18(12-23(21)29)15-31-26(35)14-27(36)32-16-20(40)13-19-6-2-4-8-24(19)30/h2-12,17,20,34,40H,13-16H2,1H3,(H,31,35)(H,32,36)(H,33,37)/t17-,20+/m0/s1. The van der Waals surface area contributed by atoms with Gasteiger partial charge in [-0.25, -0.2) is 17.5 Å². The summed E-state index contributed by atoms with van der Waals surface area (Å²) in [6.45, 7) is 1.35. The van der Waals surface area contributed by atoms with E-state index in [1.807, 2.05) is 4.72 Å². The fraction of sp³-hybridized carbons (Fsp3) is 0.250. The molecule has 3 rings (SSSR count). The molecule has 3 aromatic rings. The molecule has 0 fully saturated rings. The van der Waals surface area contributed by atoms with E-state index in [-0.39, 0.29) is 39.6 Å². The number of halogens is 2. The first-order valence-corrected chi connectivity index (χ1v) is 14.8. The van der Waals surface area contributed by atoms with E-state index in [0.29, 0.717) is 23.1 Å². The molecule has 218 valence electrons. The molecule has 0 aliphatic rings. The number of hydrogen-bond acceptors (Lipinski definition) is 7. The second-order valence-corrected chi connectivity index (χ2v) is 12.0. The Labute approximate surface area is 248 Å². The van der Waals surface area contributed by atoms with Gasteiger partial charge in [-0.15, -0.1) is 0 Å². The Morgan fingerprint density at radius 1 is 0.976 bits per heavy atom. The van der Waals surface area contributed by atoms with E-state index in [2.05, 4.69) is 23.3 Å². The van der Waals surface area contributed by atoms with Crippen molar-refractivity contribution in [3.05, 3.63) is 88.7 Å². The summed E-state index contributed by atoms with van der Waals surface area (Å²) in [5, 5.41) is 14.5. The fourth-order valence-corrected chi connectivity index (χ4v) is 5.64. The predicted octanol–water partition coefficient (Wildman–Crippen LogP) is 3.00. The minimum absolute atomic E-state index is 0.0545. The van der Waals surface area contributed by atoms with Crippen LogP contribution in [0.3, 0.4) is 0 Å². The molecule has 0 aromatic heterocycles. The Morgan fingerprint density at radius 2 is 1.63 bits per heavy atom. The van der Waals surface area contributed by atoms with E-state index in [9.17, 15) is 32.3 Å². The lowest BCUT2D eigenvalue weighted by Crippen LogP contribution is -2.37. The number of aliphatic hydroxyl groups is 1. The third-order valence-corrected chi connectivity index (χ3v) is 7.96. The van der Waals surface area contributed by atoms with E-state index >= 15 is 0 Å². The van der Waals surface area contributed by atoms with Gasteiger partial charge in [-0.05, 0) is 42.7 Å². The van der Waals surface area contributed by atoms with Gasteiger partial charge in [0, 0.05) is 34.5 Å². The van der Waals surface area contributed by atoms with Gasteiger partial charge in [0.15, 0.2) is 0 Å². The molecule has 0 aliphatic heterocycles. The zero-order valence-corrected chi connectivity index (χ0v) is 24.4. The summed E-state index contributed by atoms with van der Waals surface area (Å²) in [5.74, 6) is -2.46. The number of benzene rings is 3. The second kappa shape index (κ2) is 14.4. The third kappa shape index (κ3) is 9.28. The number of nitrogens with one attached hydrogen (secondary N) is 3. The minimum Gasteiger partial charge on any atom is -0.384 e. The maximum atomic E-state index is 13.8. The molecule has 3 amide bonds. The minimum atomic E-state index is -4.31. The normalized spacial score (nSPS) is 12.7. The topological polar surface area (TPSA) is 142 Å². The lowest BCUT2D eigenvalue weighted by molar-refractivity contribution is -0.129. The molecule has 2 atom stereocenters. The summed E-state index contributed by atoms with van der Waals surface area (Å²) in [5.41, 5.74) is 1.67. The molecule has 0 saturated carbocycles. The monoisotopic (exact) mass is 621 g/mol. The predicted molar refractivity (Wildman–Crippen MR) is 156 cm³/mol. The van der Waals surface area contributed by atoms with Gasteiger partial charge in [-0.2, -0.15) is 12.6 Å². The van der Waals surface area contributed by atoms with Crippen molar-refractivity contribution in [1.82, 2.24) is 15.4 Å². The van der Waals surface area contributed by atoms with Crippen LogP contribution in [0, 0.1) is 5.82 Å². The maximum absolute atomic E-state index is 13.8. The lowest BCUT2D eigenvalue weighted by Gasteiger charge is -2.14. The van der Waals surface area contributed by atoms with Gasteiger partial charge in [0.05, 0.1) is 4.90 Å². The lowest BCUT2D eigenvalue weighted by atomic mass is 10.0. The van der Waals surface area contributed by atoms with Crippen LogP contribution < -0.4 is 15.4 Å². The number of carbonyl (C=O) groups is 3. The maximum Gasteiger partial charge on any atom is 0.264 e. The summed E-state index contributed by atoms with van der Waals surface area (Å²) in [6, 6.07) is 17.0. The van der Waals surface area contributed by atoms with Gasteiger partial charge in [0.2, 0.25) is 11.8 Å². The highest BCUT2D eigenvalue weighted by Crippen LogP contribution is 2.33. The summed E-state index contributed by atoms with van der Waals surface area (Å²) in [6.07, 6.45) is -1.63. The van der Waals surface area contributed by atoms with Gasteiger partial charge < -0.3 is 15.7 Å². The van der Waals surface area contributed by atoms with Crippen LogP contribution in [-0.4, -0.2) is 49.1 Å². The van der Waals surface area contributed by atoms with E-state index in [0.717, 1.165) is 6.92 Å². The fourth-order valence-electron chi connectivity index (χ4n) is 3.78. The Morgan fingerprint density at radius 3 is 2.32 bits per heavy atom. The molecule has 0 bridgehead atoms. The van der Waals surface area contributed by atoms with Gasteiger partial charge in [-0.1, -0.05) is 60.1 Å². The Hall–Kier alpha value is -3.45. The number of carbonyl (C=O) groups excluding carboxylic acids is 3. The van der Waals surface area contributed by atoms with Crippen LogP contribution in [0.1, 0.15) is 24.5 Å². The van der Waals surface area contributed by atoms with Crippen LogP contribution >= 0.6 is 24.2 Å². The average molecular weight is 622 g/mol. The number of thiol groups is 1. The van der Waals surface area contributed by atoms with Crippen LogP contribution in [0.5, 0.6) is 0 Å². The van der Waals surface area contributed by atoms with Gasteiger partial charge in [0.25, 0.3) is 15.9 Å². The molecule has 0 unspecified atom stereocenters. The van der Waals surface area contributed by atoms with Crippen molar-refractivity contribution in [3.63, 3.8) is 0 Å². The van der Waals surface area contributed by atoms with Crippen molar-refractivity contribution >= 4 is 52.0 Å². The molecule has 0 radical (unpaired) electrons. The molecule has 0 saturated heterocycles. The smallest absolute Gasteiger partial charge is 0.264 e. The van der Waals surface area contributed by atoms with E-state index in [4.69, 9.17) is 11.6 Å². The van der Waals surface area contributed by atoms with Crippen LogP contribution in [-0.2, 0) is 37.4 Å². The number of hydrogen-bond donors (Lipinski definition) is 5. The molecule has 0 aliphatic carbocycles. The Bertz CT molecular complexity index is 1530. The van der Waals surface area contributed by atoms with E-state index < -0.39 is 40.3 Å². The van der Waals surface area contributed by atoms with Crippen molar-refractivity contribution in [1.29, 1.82) is 0 Å². The highest BCUT2D eigenvalue weighted by Gasteiger charge is 2.24. The van der Waals surface area contributed by atoms with Crippen LogP contribution in [0.25, 0.3) is 11.1 Å². The van der Waals surface area contributed by atoms with E-state index in [1.165, 1.54) is 24.3 Å². The van der Waals surface area contributed by atoms with Crippen molar-refractivity contribution in [2.45, 2.75) is 42.6 Å². The van der Waals surface area contributed by atoms with Crippen LogP contribution in [0.2, 0.25) is 5.02 Å². The van der Waals surface area contributed by atoms with Gasteiger partial charge in [0.1, 0.15) is 18.3 Å². The molecule has 13 heteroatoms. The molecule has 3 aromatic carbocycles. The quantitative estimate of drug-likeness (QED) is 0.156. The summed E-state index contributed by atoms with van der Waals surface area (Å²) in [4.78, 5) is 36.0. The zero-order chi connectivity index (χ0) is 30.2. The molecule has 0 spiro atoms. The number of sulfonamides is 1. The first-order valence-electron chi connectivity index (χ1n) is 12.4. The summed E-state index contributed by atoms with van der Waals surface area (Å²) < 4.78 is 41.2. The number of amides is 3. The summed E-state index contributed by atoms with van der Waals surface area (Å²) >= 11 is 10.8. The highest BCUT2D eigenvalue weighted by molar-refractivity contribution is 7.90. The van der Waals surface area contributed by atoms with Crippen molar-refractivity contribution in [2.75, 3.05) is 6.54 Å². The Kier molecular flexibility index (Phi) is 11.3. The molecular formula is C28H29ClFN3O6S2. The molecular weight excluding hydrogens is 593 g/mol. The molecule has 9 nitrogen and oxygen atoms in total. The van der Waals surface area contributed by atoms with Gasteiger partial charge in [-0.3, -0.25) is 14.4 Å². The zero-order valence-electron chi connectivity index (χ0n) is 21.9. The highest BCUT2D eigenvalue weighted by atomic mass is 35.5. The third-order valence-electron chi connectivity index (χ3n) is 5.87. The average Bonchev–Trinajstić information content (AvgIpc) is 2.92. The SMILES string of the molecule is C[C@H](O)C(=O)NS(=O)(=O)c1ccccc1-c1ccc(CNC(=O)CC(=O)NC[C@H](S)Cc2ccccc2F)cc1Cl. The van der Waals surface area contributed by atoms with Crippen molar-refractivity contribution in [3.8, 4) is 11.1 Å². The summed E-state index contributed by atoms with van der Waals surface area (Å²) in [7, 11) is -4.31. The van der Waals surface area contributed by atoms with Gasteiger partial charge >= 0.3 is 0 Å². The molecule has 41 heavy (non-hydrogen) atoms. The molecule has 0 heterocycles. The Balaban J connectivity index is 1.57. The first kappa shape index (κ1) is 32.1. The van der Waals surface area contributed by atoms with Crippen LogP contribution in [0.4, 0.5) is 4.39 Å². The largest absolute Gasteiger partial charge is 0.384 e. The van der Waals surface area contributed by atoms with E-state index in [1.54, 1.807) is 42.5 Å². The number of rotatable bonds is 12. The molecule has 4 N–H and O–H groups in total.